The van der Waals surface area contributed by atoms with Crippen LogP contribution in [0, 0.1) is 0 Å². The largest absolute Gasteiger partial charge is 0.437 e. The number of rotatable bonds is 5. The van der Waals surface area contributed by atoms with E-state index in [1.165, 1.54) is 6.08 Å². The van der Waals surface area contributed by atoms with E-state index in [1.807, 2.05) is 31.2 Å². The van der Waals surface area contributed by atoms with Crippen LogP contribution in [-0.2, 0) is 9.53 Å². The fraction of sp³-hybridized carbons (Fsp3) is 0.412. The highest BCUT2D eigenvalue weighted by molar-refractivity contribution is 5.91. The molecule has 1 aromatic heterocycles. The third kappa shape index (κ3) is 4.40. The molecule has 0 radical (unpaired) electrons. The Morgan fingerprint density at radius 2 is 2.17 bits per heavy atom. The van der Waals surface area contributed by atoms with E-state index in [9.17, 15) is 4.79 Å². The molecular formula is C17H21N3O3. The van der Waals surface area contributed by atoms with Gasteiger partial charge in [0.05, 0.1) is 13.2 Å². The van der Waals surface area contributed by atoms with Crippen LogP contribution < -0.4 is 5.32 Å². The molecule has 6 nitrogen and oxygen atoms in total. The van der Waals surface area contributed by atoms with Crippen molar-refractivity contribution in [2.45, 2.75) is 13.0 Å². The number of para-hydroxylation sites is 2. The summed E-state index contributed by atoms with van der Waals surface area (Å²) in [6.07, 6.45) is 3.05. The molecule has 1 aliphatic heterocycles. The third-order valence-corrected chi connectivity index (χ3v) is 3.71. The van der Waals surface area contributed by atoms with Gasteiger partial charge in [-0.25, -0.2) is 4.98 Å². The van der Waals surface area contributed by atoms with E-state index in [0.29, 0.717) is 11.5 Å². The number of ether oxygens (including phenoxy) is 1. The van der Waals surface area contributed by atoms with Crippen LogP contribution in [0.25, 0.3) is 17.2 Å². The van der Waals surface area contributed by atoms with Gasteiger partial charge in [-0.2, -0.15) is 0 Å². The van der Waals surface area contributed by atoms with Crippen LogP contribution in [0.2, 0.25) is 0 Å². The van der Waals surface area contributed by atoms with Crippen LogP contribution in [0.5, 0.6) is 0 Å². The SMILES string of the molecule is C[C@H](CN1CCOCC1)NC(=O)/C=C\c1nc2ccccc2o1. The first-order valence-electron chi connectivity index (χ1n) is 7.85. The number of aromatic nitrogens is 1. The van der Waals surface area contributed by atoms with Crippen LogP contribution in [0.4, 0.5) is 0 Å². The summed E-state index contributed by atoms with van der Waals surface area (Å²) in [6, 6.07) is 7.60. The van der Waals surface area contributed by atoms with E-state index < -0.39 is 0 Å². The zero-order valence-electron chi connectivity index (χ0n) is 13.2. The summed E-state index contributed by atoms with van der Waals surface area (Å²) in [7, 11) is 0. The number of morpholine rings is 1. The minimum Gasteiger partial charge on any atom is -0.437 e. The van der Waals surface area contributed by atoms with Crippen LogP contribution in [0.1, 0.15) is 12.8 Å². The second-order valence-corrected chi connectivity index (χ2v) is 5.68. The van der Waals surface area contributed by atoms with E-state index in [2.05, 4.69) is 15.2 Å². The fourth-order valence-corrected chi connectivity index (χ4v) is 2.62. The highest BCUT2D eigenvalue weighted by atomic mass is 16.5. The van der Waals surface area contributed by atoms with E-state index >= 15 is 0 Å². The fourth-order valence-electron chi connectivity index (χ4n) is 2.62. The maximum absolute atomic E-state index is 12.0. The Morgan fingerprint density at radius 3 is 2.96 bits per heavy atom. The summed E-state index contributed by atoms with van der Waals surface area (Å²) in [4.78, 5) is 18.6. The van der Waals surface area contributed by atoms with E-state index in [-0.39, 0.29) is 11.9 Å². The lowest BCUT2D eigenvalue weighted by atomic mass is 10.3. The molecule has 0 saturated carbocycles. The normalized spacial score (nSPS) is 17.6. The molecule has 1 saturated heterocycles. The summed E-state index contributed by atoms with van der Waals surface area (Å²) < 4.78 is 10.9. The molecule has 0 bridgehead atoms. The molecule has 6 heteroatoms. The highest BCUT2D eigenvalue weighted by Gasteiger charge is 2.14. The molecule has 1 amide bonds. The summed E-state index contributed by atoms with van der Waals surface area (Å²) >= 11 is 0. The average Bonchev–Trinajstić information content (AvgIpc) is 2.96. The van der Waals surface area contributed by atoms with Crippen LogP contribution in [0.15, 0.2) is 34.8 Å². The van der Waals surface area contributed by atoms with Gasteiger partial charge in [0.2, 0.25) is 11.8 Å². The molecule has 1 aromatic carbocycles. The van der Waals surface area contributed by atoms with Gasteiger partial charge in [0, 0.05) is 37.8 Å². The Labute approximate surface area is 135 Å². The number of oxazole rings is 1. The average molecular weight is 315 g/mol. The standard InChI is InChI=1S/C17H21N3O3/c1-13(12-20-8-10-22-11-9-20)18-16(21)6-7-17-19-14-4-2-3-5-15(14)23-17/h2-7,13H,8-12H2,1H3,(H,18,21)/b7-6-/t13-/m1/s1. The number of hydrogen-bond acceptors (Lipinski definition) is 5. The molecular weight excluding hydrogens is 294 g/mol. The lowest BCUT2D eigenvalue weighted by Crippen LogP contribution is -2.45. The zero-order chi connectivity index (χ0) is 16.1. The van der Waals surface area contributed by atoms with Crippen LogP contribution in [-0.4, -0.2) is 54.7 Å². The molecule has 0 spiro atoms. The summed E-state index contributed by atoms with van der Waals surface area (Å²) in [6.45, 7) is 6.18. The molecule has 3 rings (SSSR count). The first kappa shape index (κ1) is 15.7. The molecule has 0 unspecified atom stereocenters. The Bertz CT molecular complexity index is 656. The summed E-state index contributed by atoms with van der Waals surface area (Å²) in [5, 5.41) is 2.95. The number of nitrogens with one attached hydrogen (secondary N) is 1. The topological polar surface area (TPSA) is 67.6 Å². The number of hydrogen-bond donors (Lipinski definition) is 1. The lowest BCUT2D eigenvalue weighted by molar-refractivity contribution is -0.117. The molecule has 2 heterocycles. The maximum atomic E-state index is 12.0. The second-order valence-electron chi connectivity index (χ2n) is 5.68. The number of nitrogens with zero attached hydrogens (tertiary/aromatic N) is 2. The quantitative estimate of drug-likeness (QED) is 0.850. The van der Waals surface area contributed by atoms with Gasteiger partial charge in [-0.15, -0.1) is 0 Å². The Morgan fingerprint density at radius 1 is 1.39 bits per heavy atom. The number of amides is 1. The lowest BCUT2D eigenvalue weighted by Gasteiger charge is -2.29. The van der Waals surface area contributed by atoms with Gasteiger partial charge in [0.1, 0.15) is 5.52 Å². The molecule has 0 aliphatic carbocycles. The molecule has 1 aliphatic rings. The van der Waals surface area contributed by atoms with E-state index in [1.54, 1.807) is 6.08 Å². The Kier molecular flexibility index (Phi) is 5.05. The van der Waals surface area contributed by atoms with Crippen molar-refractivity contribution < 1.29 is 13.9 Å². The van der Waals surface area contributed by atoms with Crippen molar-refractivity contribution in [1.29, 1.82) is 0 Å². The zero-order valence-corrected chi connectivity index (χ0v) is 13.2. The van der Waals surface area contributed by atoms with Crippen molar-refractivity contribution in [3.8, 4) is 0 Å². The maximum Gasteiger partial charge on any atom is 0.244 e. The van der Waals surface area contributed by atoms with Gasteiger partial charge in [-0.3, -0.25) is 9.69 Å². The van der Waals surface area contributed by atoms with Crippen LogP contribution >= 0.6 is 0 Å². The molecule has 1 N–H and O–H groups in total. The van der Waals surface area contributed by atoms with Gasteiger partial charge in [-0.05, 0) is 19.1 Å². The first-order chi connectivity index (χ1) is 11.2. The van der Waals surface area contributed by atoms with Crippen molar-refractivity contribution in [2.24, 2.45) is 0 Å². The summed E-state index contributed by atoms with van der Waals surface area (Å²) in [5.41, 5.74) is 1.50. The summed E-state index contributed by atoms with van der Waals surface area (Å²) in [5.74, 6) is 0.287. The minimum atomic E-state index is -0.145. The van der Waals surface area contributed by atoms with Crippen LogP contribution in [0.3, 0.4) is 0 Å². The Hall–Kier alpha value is -2.18. The van der Waals surface area contributed by atoms with Gasteiger partial charge in [0.15, 0.2) is 5.58 Å². The van der Waals surface area contributed by atoms with Gasteiger partial charge in [0.25, 0.3) is 0 Å². The van der Waals surface area contributed by atoms with Crippen molar-refractivity contribution in [2.75, 3.05) is 32.8 Å². The number of benzene rings is 1. The molecule has 1 fully saturated rings. The van der Waals surface area contributed by atoms with Crippen molar-refractivity contribution in [3.05, 3.63) is 36.2 Å². The predicted molar refractivity (Wildman–Crippen MR) is 87.9 cm³/mol. The monoisotopic (exact) mass is 315 g/mol. The van der Waals surface area contributed by atoms with Crippen molar-refractivity contribution in [3.63, 3.8) is 0 Å². The van der Waals surface area contributed by atoms with E-state index in [4.69, 9.17) is 9.15 Å². The van der Waals surface area contributed by atoms with Gasteiger partial charge < -0.3 is 14.5 Å². The van der Waals surface area contributed by atoms with Crippen molar-refractivity contribution >= 4 is 23.1 Å². The minimum absolute atomic E-state index is 0.0777. The van der Waals surface area contributed by atoms with E-state index in [0.717, 1.165) is 38.4 Å². The molecule has 2 aromatic rings. The highest BCUT2D eigenvalue weighted by Crippen LogP contribution is 2.15. The van der Waals surface area contributed by atoms with Crippen molar-refractivity contribution in [1.82, 2.24) is 15.2 Å². The Balaban J connectivity index is 1.51. The molecule has 122 valence electrons. The third-order valence-electron chi connectivity index (χ3n) is 3.71. The molecule has 23 heavy (non-hydrogen) atoms. The number of fused-ring (bicyclic) bond motifs is 1. The number of carbonyl (C=O) groups is 1. The first-order valence-corrected chi connectivity index (χ1v) is 7.85. The molecule has 1 atom stereocenters. The smallest absolute Gasteiger partial charge is 0.244 e. The second kappa shape index (κ2) is 7.39. The van der Waals surface area contributed by atoms with Gasteiger partial charge >= 0.3 is 0 Å². The van der Waals surface area contributed by atoms with Gasteiger partial charge in [-0.1, -0.05) is 12.1 Å². The number of carbonyl (C=O) groups excluding carboxylic acids is 1. The predicted octanol–water partition coefficient (Wildman–Crippen LogP) is 1.68.